The predicted octanol–water partition coefficient (Wildman–Crippen LogP) is 1.47. The van der Waals surface area contributed by atoms with Crippen molar-refractivity contribution in [3.05, 3.63) is 24.3 Å². The molecule has 1 aliphatic carbocycles. The van der Waals surface area contributed by atoms with Gasteiger partial charge in [0, 0.05) is 6.54 Å². The summed E-state index contributed by atoms with van der Waals surface area (Å²) >= 11 is 0. The highest BCUT2D eigenvalue weighted by Crippen LogP contribution is 2.51. The van der Waals surface area contributed by atoms with E-state index < -0.39 is 22.6 Å². The van der Waals surface area contributed by atoms with Crippen LogP contribution in [0.25, 0.3) is 0 Å². The van der Waals surface area contributed by atoms with Crippen molar-refractivity contribution in [2.45, 2.75) is 25.2 Å². The van der Waals surface area contributed by atoms with Gasteiger partial charge in [0.1, 0.15) is 5.75 Å². The molecule has 1 aromatic rings. The van der Waals surface area contributed by atoms with Crippen molar-refractivity contribution in [1.29, 1.82) is 0 Å². The van der Waals surface area contributed by atoms with Gasteiger partial charge in [-0.15, -0.1) is 0 Å². The summed E-state index contributed by atoms with van der Waals surface area (Å²) in [5.74, 6) is -0.384. The number of aliphatic carboxylic acids is 1. The maximum atomic E-state index is 12.1. The van der Waals surface area contributed by atoms with Gasteiger partial charge in [0.25, 0.3) is 0 Å². The van der Waals surface area contributed by atoms with E-state index in [1.807, 2.05) is 0 Å². The van der Waals surface area contributed by atoms with Gasteiger partial charge in [0.15, 0.2) is 6.61 Å². The predicted molar refractivity (Wildman–Crippen MR) is 76.6 cm³/mol. The van der Waals surface area contributed by atoms with Crippen LogP contribution < -0.4 is 9.46 Å². The fraction of sp³-hybridized carbons (Fsp3) is 0.500. The van der Waals surface area contributed by atoms with Gasteiger partial charge in [0.05, 0.1) is 4.90 Å². The Labute approximate surface area is 124 Å². The molecule has 0 aromatic heterocycles. The molecule has 116 valence electrons. The second-order valence-electron chi connectivity index (χ2n) is 5.90. The molecule has 1 saturated carbocycles. The molecule has 7 heteroatoms. The molecule has 1 atom stereocenters. The fourth-order valence-corrected chi connectivity index (χ4v) is 3.16. The average molecular weight is 313 g/mol. The first-order valence-electron chi connectivity index (χ1n) is 6.65. The highest BCUT2D eigenvalue weighted by Gasteiger charge is 2.45. The van der Waals surface area contributed by atoms with E-state index in [9.17, 15) is 13.2 Å². The Hall–Kier alpha value is -1.60. The summed E-state index contributed by atoms with van der Waals surface area (Å²) in [5.41, 5.74) is 0.219. The van der Waals surface area contributed by atoms with Crippen molar-refractivity contribution < 1.29 is 23.1 Å². The van der Waals surface area contributed by atoms with E-state index >= 15 is 0 Å². The molecule has 21 heavy (non-hydrogen) atoms. The molecular weight excluding hydrogens is 294 g/mol. The summed E-state index contributed by atoms with van der Waals surface area (Å²) in [4.78, 5) is 10.5. The third kappa shape index (κ3) is 4.18. The van der Waals surface area contributed by atoms with Crippen LogP contribution in [0.4, 0.5) is 0 Å². The molecule has 2 N–H and O–H groups in total. The number of carboxylic acids is 1. The van der Waals surface area contributed by atoms with Gasteiger partial charge >= 0.3 is 5.97 Å². The molecule has 1 fully saturated rings. The number of sulfonamides is 1. The van der Waals surface area contributed by atoms with Gasteiger partial charge in [-0.2, -0.15) is 0 Å². The van der Waals surface area contributed by atoms with Gasteiger partial charge in [-0.1, -0.05) is 13.8 Å². The zero-order valence-electron chi connectivity index (χ0n) is 12.0. The van der Waals surface area contributed by atoms with Gasteiger partial charge in [-0.3, -0.25) is 0 Å². The Bertz CT molecular complexity index is 621. The smallest absolute Gasteiger partial charge is 0.341 e. The zero-order valence-corrected chi connectivity index (χ0v) is 12.8. The van der Waals surface area contributed by atoms with Crippen molar-refractivity contribution in [1.82, 2.24) is 4.72 Å². The number of benzene rings is 1. The minimum atomic E-state index is -3.54. The number of hydrogen-bond donors (Lipinski definition) is 2. The van der Waals surface area contributed by atoms with Gasteiger partial charge in [0.2, 0.25) is 10.0 Å². The van der Waals surface area contributed by atoms with Crippen LogP contribution in [-0.4, -0.2) is 32.6 Å². The van der Waals surface area contributed by atoms with Crippen molar-refractivity contribution in [3.8, 4) is 5.75 Å². The van der Waals surface area contributed by atoms with E-state index in [4.69, 9.17) is 9.84 Å². The molecule has 0 aliphatic heterocycles. The second kappa shape index (κ2) is 5.65. The van der Waals surface area contributed by atoms with E-state index in [2.05, 4.69) is 18.6 Å². The number of hydrogen-bond acceptors (Lipinski definition) is 4. The SMILES string of the molecule is CC1(C)CC1CNS(=O)(=O)c1ccc(OCC(=O)O)cc1. The largest absolute Gasteiger partial charge is 0.482 e. The van der Waals surface area contributed by atoms with E-state index in [1.54, 1.807) is 0 Å². The van der Waals surface area contributed by atoms with E-state index in [0.717, 1.165) is 6.42 Å². The number of ether oxygens (including phenoxy) is 1. The lowest BCUT2D eigenvalue weighted by molar-refractivity contribution is -0.139. The molecule has 0 spiro atoms. The Morgan fingerprint density at radius 3 is 2.43 bits per heavy atom. The van der Waals surface area contributed by atoms with Crippen molar-refractivity contribution in [3.63, 3.8) is 0 Å². The molecular formula is C14H19NO5S. The standard InChI is InChI=1S/C14H19NO5S/c1-14(2)7-10(14)8-15-21(18,19)12-5-3-11(4-6-12)20-9-13(16)17/h3-6,10,15H,7-9H2,1-2H3,(H,16,17). The van der Waals surface area contributed by atoms with Crippen LogP contribution in [0, 0.1) is 11.3 Å². The monoisotopic (exact) mass is 313 g/mol. The minimum Gasteiger partial charge on any atom is -0.482 e. The summed E-state index contributed by atoms with van der Waals surface area (Å²) in [6, 6.07) is 5.69. The molecule has 1 aromatic carbocycles. The molecule has 0 amide bonds. The minimum absolute atomic E-state index is 0.142. The van der Waals surface area contributed by atoms with Crippen LogP contribution in [0.1, 0.15) is 20.3 Å². The Balaban J connectivity index is 1.95. The zero-order chi connectivity index (χ0) is 15.7. The highest BCUT2D eigenvalue weighted by molar-refractivity contribution is 7.89. The maximum Gasteiger partial charge on any atom is 0.341 e. The van der Waals surface area contributed by atoms with Crippen molar-refractivity contribution in [2.24, 2.45) is 11.3 Å². The highest BCUT2D eigenvalue weighted by atomic mass is 32.2. The summed E-state index contributed by atoms with van der Waals surface area (Å²) in [6.07, 6.45) is 1.03. The molecule has 1 aliphatic rings. The number of carbonyl (C=O) groups is 1. The number of rotatable bonds is 7. The normalized spacial score (nSPS) is 20.0. The van der Waals surface area contributed by atoms with Crippen LogP contribution in [0.5, 0.6) is 5.75 Å². The van der Waals surface area contributed by atoms with Crippen LogP contribution in [0.3, 0.4) is 0 Å². The summed E-state index contributed by atoms with van der Waals surface area (Å²) in [5, 5.41) is 8.50. The molecule has 0 saturated heterocycles. The maximum absolute atomic E-state index is 12.1. The Kier molecular flexibility index (Phi) is 4.25. The van der Waals surface area contributed by atoms with Gasteiger partial charge in [-0.05, 0) is 42.0 Å². The van der Waals surface area contributed by atoms with E-state index in [-0.39, 0.29) is 10.3 Å². The first kappa shape index (κ1) is 15.8. The first-order chi connectivity index (χ1) is 9.71. The Morgan fingerprint density at radius 1 is 1.38 bits per heavy atom. The van der Waals surface area contributed by atoms with Crippen LogP contribution in [0.2, 0.25) is 0 Å². The van der Waals surface area contributed by atoms with Gasteiger partial charge in [-0.25, -0.2) is 17.9 Å². The third-order valence-electron chi connectivity index (χ3n) is 3.73. The molecule has 0 radical (unpaired) electrons. The summed E-state index contributed by atoms with van der Waals surface area (Å²) in [7, 11) is -3.54. The molecule has 0 bridgehead atoms. The first-order valence-corrected chi connectivity index (χ1v) is 8.13. The summed E-state index contributed by atoms with van der Waals surface area (Å²) < 4.78 is 31.8. The van der Waals surface area contributed by atoms with Crippen molar-refractivity contribution >= 4 is 16.0 Å². The third-order valence-corrected chi connectivity index (χ3v) is 5.17. The van der Waals surface area contributed by atoms with Crippen LogP contribution in [-0.2, 0) is 14.8 Å². The topological polar surface area (TPSA) is 92.7 Å². The molecule has 6 nitrogen and oxygen atoms in total. The number of carboxylic acid groups (broad SMARTS) is 1. The van der Waals surface area contributed by atoms with Crippen LogP contribution in [0.15, 0.2) is 29.2 Å². The average Bonchev–Trinajstić information content (AvgIpc) is 3.02. The van der Waals surface area contributed by atoms with Gasteiger partial charge < -0.3 is 9.84 Å². The molecule has 1 unspecified atom stereocenters. The lowest BCUT2D eigenvalue weighted by atomic mass is 10.1. The molecule has 2 rings (SSSR count). The molecule has 0 heterocycles. The number of nitrogens with one attached hydrogen (secondary N) is 1. The lowest BCUT2D eigenvalue weighted by Gasteiger charge is -2.09. The summed E-state index contributed by atoms with van der Waals surface area (Å²) in [6.45, 7) is 4.20. The van der Waals surface area contributed by atoms with Crippen LogP contribution >= 0.6 is 0 Å². The lowest BCUT2D eigenvalue weighted by Crippen LogP contribution is -2.26. The van der Waals surface area contributed by atoms with E-state index in [1.165, 1.54) is 24.3 Å². The van der Waals surface area contributed by atoms with E-state index in [0.29, 0.717) is 18.2 Å². The quantitative estimate of drug-likeness (QED) is 0.795. The second-order valence-corrected chi connectivity index (χ2v) is 7.66. The van der Waals surface area contributed by atoms with Crippen molar-refractivity contribution in [2.75, 3.05) is 13.2 Å². The fourth-order valence-electron chi connectivity index (χ4n) is 2.08. The Morgan fingerprint density at radius 2 is 1.95 bits per heavy atom.